The van der Waals surface area contributed by atoms with Gasteiger partial charge in [-0.1, -0.05) is 91.0 Å². The van der Waals surface area contributed by atoms with E-state index in [9.17, 15) is 4.79 Å². The normalized spacial score (nSPS) is 11.9. The van der Waals surface area contributed by atoms with Crippen LogP contribution in [0.2, 0.25) is 0 Å². The summed E-state index contributed by atoms with van der Waals surface area (Å²) in [6, 6.07) is 34.6. The van der Waals surface area contributed by atoms with Gasteiger partial charge in [0.2, 0.25) is 0 Å². The summed E-state index contributed by atoms with van der Waals surface area (Å²) < 4.78 is 0. The molecule has 2 heteroatoms. The molecule has 4 aromatic rings. The van der Waals surface area contributed by atoms with Gasteiger partial charge in [0.05, 0.1) is 6.04 Å². The second kappa shape index (κ2) is 8.53. The van der Waals surface area contributed by atoms with Crippen LogP contribution in [-0.2, 0) is 6.42 Å². The number of aryl methyl sites for hydroxylation is 1. The summed E-state index contributed by atoms with van der Waals surface area (Å²) in [4.78, 5) is 12.7. The lowest BCUT2D eigenvalue weighted by molar-refractivity contribution is 0.0934. The average Bonchev–Trinajstić information content (AvgIpc) is 2.77. The molecule has 138 valence electrons. The van der Waals surface area contributed by atoms with Gasteiger partial charge in [-0.15, -0.1) is 0 Å². The third-order valence-electron chi connectivity index (χ3n) is 5.08. The van der Waals surface area contributed by atoms with E-state index in [0.29, 0.717) is 5.56 Å². The fraction of sp³-hybridized carbons (Fsp3) is 0.115. The maximum Gasteiger partial charge on any atom is 0.251 e. The molecule has 1 atom stereocenters. The number of hydrogen-bond acceptors (Lipinski definition) is 1. The quantitative estimate of drug-likeness (QED) is 0.450. The molecule has 0 aliphatic carbocycles. The molecule has 0 bridgehead atoms. The number of carbonyl (C=O) groups is 1. The van der Waals surface area contributed by atoms with Crippen molar-refractivity contribution in [3.8, 4) is 0 Å². The Kier molecular flexibility index (Phi) is 5.48. The number of hydrogen-bond donors (Lipinski definition) is 1. The van der Waals surface area contributed by atoms with Crippen molar-refractivity contribution in [2.75, 3.05) is 0 Å². The van der Waals surface area contributed by atoms with Gasteiger partial charge in [-0.3, -0.25) is 4.79 Å². The van der Waals surface area contributed by atoms with Crippen LogP contribution < -0.4 is 5.32 Å². The molecule has 0 aliphatic rings. The monoisotopic (exact) mass is 365 g/mol. The van der Waals surface area contributed by atoms with Crippen LogP contribution in [0.15, 0.2) is 103 Å². The van der Waals surface area contributed by atoms with Gasteiger partial charge in [0.1, 0.15) is 0 Å². The van der Waals surface area contributed by atoms with E-state index in [1.807, 2.05) is 48.5 Å². The Morgan fingerprint density at radius 1 is 0.714 bits per heavy atom. The molecule has 0 spiro atoms. The van der Waals surface area contributed by atoms with E-state index < -0.39 is 0 Å². The van der Waals surface area contributed by atoms with E-state index in [0.717, 1.165) is 18.4 Å². The molecule has 0 fully saturated rings. The van der Waals surface area contributed by atoms with E-state index in [-0.39, 0.29) is 11.9 Å². The Hall–Kier alpha value is -3.39. The zero-order valence-corrected chi connectivity index (χ0v) is 15.7. The second-order valence-electron chi connectivity index (χ2n) is 7.02. The minimum Gasteiger partial charge on any atom is -0.345 e. The summed E-state index contributed by atoms with van der Waals surface area (Å²) in [5.41, 5.74) is 3.11. The molecule has 4 rings (SSSR count). The fourth-order valence-electron chi connectivity index (χ4n) is 3.54. The number of amides is 1. The summed E-state index contributed by atoms with van der Waals surface area (Å²) in [7, 11) is 0. The number of rotatable bonds is 6. The highest BCUT2D eigenvalue weighted by Gasteiger charge is 2.15. The molecule has 28 heavy (non-hydrogen) atoms. The topological polar surface area (TPSA) is 29.1 Å². The van der Waals surface area contributed by atoms with Crippen molar-refractivity contribution in [2.24, 2.45) is 0 Å². The Morgan fingerprint density at radius 2 is 1.36 bits per heavy atom. The third-order valence-corrected chi connectivity index (χ3v) is 5.08. The van der Waals surface area contributed by atoms with Crippen LogP contribution in [0.25, 0.3) is 10.8 Å². The van der Waals surface area contributed by atoms with E-state index in [4.69, 9.17) is 0 Å². The molecular weight excluding hydrogens is 342 g/mol. The lowest BCUT2D eigenvalue weighted by Crippen LogP contribution is -2.28. The molecule has 0 radical (unpaired) electrons. The van der Waals surface area contributed by atoms with Gasteiger partial charge < -0.3 is 5.32 Å². The van der Waals surface area contributed by atoms with Crippen molar-refractivity contribution < 1.29 is 4.79 Å². The first kappa shape index (κ1) is 18.0. The average molecular weight is 365 g/mol. The van der Waals surface area contributed by atoms with Gasteiger partial charge in [-0.25, -0.2) is 0 Å². The molecule has 1 unspecified atom stereocenters. The Bertz CT molecular complexity index is 1060. The van der Waals surface area contributed by atoms with Crippen molar-refractivity contribution in [3.05, 3.63) is 120 Å². The highest BCUT2D eigenvalue weighted by molar-refractivity contribution is 5.94. The van der Waals surface area contributed by atoms with Crippen LogP contribution in [0.3, 0.4) is 0 Å². The highest BCUT2D eigenvalue weighted by atomic mass is 16.1. The van der Waals surface area contributed by atoms with Crippen molar-refractivity contribution in [3.63, 3.8) is 0 Å². The summed E-state index contributed by atoms with van der Waals surface area (Å²) in [5, 5.41) is 5.73. The zero-order valence-electron chi connectivity index (χ0n) is 15.7. The van der Waals surface area contributed by atoms with Gasteiger partial charge >= 0.3 is 0 Å². The molecule has 4 aromatic carbocycles. The van der Waals surface area contributed by atoms with Crippen LogP contribution in [-0.4, -0.2) is 5.91 Å². The van der Waals surface area contributed by atoms with Crippen molar-refractivity contribution in [2.45, 2.75) is 18.9 Å². The minimum atomic E-state index is -0.0343. The van der Waals surface area contributed by atoms with E-state index in [2.05, 4.69) is 59.9 Å². The maximum absolute atomic E-state index is 12.7. The molecule has 0 aromatic heterocycles. The van der Waals surface area contributed by atoms with Crippen LogP contribution in [0, 0.1) is 0 Å². The van der Waals surface area contributed by atoms with Crippen LogP contribution in [0.5, 0.6) is 0 Å². The van der Waals surface area contributed by atoms with Crippen LogP contribution in [0.4, 0.5) is 0 Å². The smallest absolute Gasteiger partial charge is 0.251 e. The van der Waals surface area contributed by atoms with Crippen LogP contribution in [0.1, 0.15) is 33.9 Å². The lowest BCUT2D eigenvalue weighted by atomic mass is 9.97. The van der Waals surface area contributed by atoms with E-state index in [1.165, 1.54) is 16.3 Å². The number of benzene rings is 4. The Balaban J connectivity index is 1.52. The number of nitrogens with one attached hydrogen (secondary N) is 1. The number of fused-ring (bicyclic) bond motifs is 1. The SMILES string of the molecule is O=C(NC(CCc1ccc2ccccc2c1)c1ccccc1)c1ccccc1. The first-order chi connectivity index (χ1) is 13.8. The second-order valence-corrected chi connectivity index (χ2v) is 7.02. The minimum absolute atomic E-state index is 0.0274. The lowest BCUT2D eigenvalue weighted by Gasteiger charge is -2.20. The first-order valence-corrected chi connectivity index (χ1v) is 9.68. The molecule has 2 nitrogen and oxygen atoms in total. The maximum atomic E-state index is 12.7. The zero-order chi connectivity index (χ0) is 19.2. The molecule has 0 aliphatic heterocycles. The fourth-order valence-corrected chi connectivity index (χ4v) is 3.54. The third kappa shape index (κ3) is 4.29. The van der Waals surface area contributed by atoms with Crippen LogP contribution >= 0.6 is 0 Å². The van der Waals surface area contributed by atoms with E-state index in [1.54, 1.807) is 0 Å². The Labute approximate surface area is 165 Å². The van der Waals surface area contributed by atoms with Gasteiger partial charge in [0, 0.05) is 5.56 Å². The highest BCUT2D eigenvalue weighted by Crippen LogP contribution is 2.22. The molecule has 0 saturated carbocycles. The molecular formula is C26H23NO. The summed E-state index contributed by atoms with van der Waals surface area (Å²) in [6.07, 6.45) is 1.75. The van der Waals surface area contributed by atoms with Crippen molar-refractivity contribution in [1.82, 2.24) is 5.32 Å². The predicted molar refractivity (Wildman–Crippen MR) is 115 cm³/mol. The predicted octanol–water partition coefficient (Wildman–Crippen LogP) is 5.94. The van der Waals surface area contributed by atoms with Gasteiger partial charge in [0.25, 0.3) is 5.91 Å². The molecule has 0 heterocycles. The molecule has 0 saturated heterocycles. The van der Waals surface area contributed by atoms with E-state index >= 15 is 0 Å². The van der Waals surface area contributed by atoms with Gasteiger partial charge in [0.15, 0.2) is 0 Å². The molecule has 1 amide bonds. The Morgan fingerprint density at radius 3 is 2.11 bits per heavy atom. The first-order valence-electron chi connectivity index (χ1n) is 9.68. The van der Waals surface area contributed by atoms with Crippen molar-refractivity contribution in [1.29, 1.82) is 0 Å². The summed E-state index contributed by atoms with van der Waals surface area (Å²) in [5.74, 6) is -0.0343. The van der Waals surface area contributed by atoms with Gasteiger partial charge in [-0.05, 0) is 46.9 Å². The largest absolute Gasteiger partial charge is 0.345 e. The van der Waals surface area contributed by atoms with Crippen molar-refractivity contribution >= 4 is 16.7 Å². The van der Waals surface area contributed by atoms with Gasteiger partial charge in [-0.2, -0.15) is 0 Å². The molecule has 1 N–H and O–H groups in total. The standard InChI is InChI=1S/C26H23NO/c28-26(23-12-5-2-6-13-23)27-25(22-10-3-1-4-11-22)18-16-20-15-17-21-9-7-8-14-24(21)19-20/h1-15,17,19,25H,16,18H2,(H,27,28). The number of carbonyl (C=O) groups excluding carboxylic acids is 1. The summed E-state index contributed by atoms with van der Waals surface area (Å²) in [6.45, 7) is 0. The summed E-state index contributed by atoms with van der Waals surface area (Å²) >= 11 is 0.